The van der Waals surface area contributed by atoms with Crippen molar-refractivity contribution in [3.8, 4) is 0 Å². The van der Waals surface area contributed by atoms with Crippen molar-refractivity contribution in [1.82, 2.24) is 5.32 Å². The molecule has 5 nitrogen and oxygen atoms in total. The van der Waals surface area contributed by atoms with Crippen molar-refractivity contribution in [2.45, 2.75) is 25.4 Å². The highest BCUT2D eigenvalue weighted by molar-refractivity contribution is 6.30. The number of carbonyl (C=O) groups is 2. The maximum absolute atomic E-state index is 12.2. The van der Waals surface area contributed by atoms with E-state index in [9.17, 15) is 9.59 Å². The van der Waals surface area contributed by atoms with Crippen molar-refractivity contribution in [3.63, 3.8) is 0 Å². The molecule has 2 saturated heterocycles. The van der Waals surface area contributed by atoms with Crippen molar-refractivity contribution in [3.05, 3.63) is 29.3 Å². The van der Waals surface area contributed by atoms with Crippen LogP contribution in [0.2, 0.25) is 5.02 Å². The summed E-state index contributed by atoms with van der Waals surface area (Å²) in [4.78, 5) is 26.0. The van der Waals surface area contributed by atoms with Gasteiger partial charge in [-0.1, -0.05) is 17.7 Å². The van der Waals surface area contributed by atoms with E-state index in [0.29, 0.717) is 18.1 Å². The Morgan fingerprint density at radius 2 is 2.32 bits per heavy atom. The molecule has 2 heterocycles. The molecule has 0 aliphatic carbocycles. The predicted octanol–water partition coefficient (Wildman–Crippen LogP) is 1.99. The fourth-order valence-corrected chi connectivity index (χ4v) is 3.13. The number of rotatable bonds is 4. The highest BCUT2D eigenvalue weighted by Gasteiger charge is 2.35. The van der Waals surface area contributed by atoms with E-state index in [-0.39, 0.29) is 30.3 Å². The highest BCUT2D eigenvalue weighted by Crippen LogP contribution is 2.27. The molecule has 1 aromatic carbocycles. The highest BCUT2D eigenvalue weighted by atomic mass is 35.5. The maximum atomic E-state index is 12.2. The summed E-state index contributed by atoms with van der Waals surface area (Å²) in [5, 5.41) is 3.48. The van der Waals surface area contributed by atoms with Gasteiger partial charge < -0.3 is 15.0 Å². The van der Waals surface area contributed by atoms with Crippen LogP contribution in [-0.4, -0.2) is 37.6 Å². The molecule has 0 unspecified atom stereocenters. The van der Waals surface area contributed by atoms with Gasteiger partial charge in [-0.25, -0.2) is 0 Å². The molecule has 0 spiro atoms. The lowest BCUT2D eigenvalue weighted by Crippen LogP contribution is -2.37. The third kappa shape index (κ3) is 3.42. The number of carbonyl (C=O) groups excluding carboxylic acids is 2. The molecule has 0 bridgehead atoms. The second-order valence-corrected chi connectivity index (χ2v) is 6.20. The van der Waals surface area contributed by atoms with Crippen LogP contribution in [0, 0.1) is 5.92 Å². The Bertz CT molecular complexity index is 572. The average Bonchev–Trinajstić information content (AvgIpc) is 3.14. The fraction of sp³-hybridized carbons (Fsp3) is 0.500. The van der Waals surface area contributed by atoms with Crippen molar-refractivity contribution in [2.24, 2.45) is 5.92 Å². The van der Waals surface area contributed by atoms with Crippen LogP contribution in [-0.2, 0) is 14.3 Å². The molecule has 0 saturated carbocycles. The van der Waals surface area contributed by atoms with Crippen LogP contribution in [0.15, 0.2) is 24.3 Å². The van der Waals surface area contributed by atoms with E-state index in [4.69, 9.17) is 16.3 Å². The topological polar surface area (TPSA) is 58.6 Å². The zero-order valence-electron chi connectivity index (χ0n) is 12.3. The Morgan fingerprint density at radius 1 is 1.45 bits per heavy atom. The average molecular weight is 323 g/mol. The maximum Gasteiger partial charge on any atom is 0.227 e. The molecule has 2 amide bonds. The van der Waals surface area contributed by atoms with Gasteiger partial charge in [0.2, 0.25) is 11.8 Å². The number of nitrogens with zero attached hydrogens (tertiary/aromatic N) is 1. The molecule has 6 heteroatoms. The number of amides is 2. The summed E-state index contributed by atoms with van der Waals surface area (Å²) < 4.78 is 5.48. The van der Waals surface area contributed by atoms with Crippen LogP contribution in [0.3, 0.4) is 0 Å². The van der Waals surface area contributed by atoms with Gasteiger partial charge in [0.15, 0.2) is 0 Å². The molecule has 3 rings (SSSR count). The van der Waals surface area contributed by atoms with Crippen LogP contribution in [0.1, 0.15) is 19.3 Å². The summed E-state index contributed by atoms with van der Waals surface area (Å²) in [7, 11) is 0. The van der Waals surface area contributed by atoms with Crippen LogP contribution < -0.4 is 10.2 Å². The Hall–Kier alpha value is -1.59. The molecule has 2 fully saturated rings. The van der Waals surface area contributed by atoms with Gasteiger partial charge in [0.25, 0.3) is 0 Å². The molecule has 2 atom stereocenters. The molecule has 2 aliphatic rings. The fourth-order valence-electron chi connectivity index (χ4n) is 2.94. The molecular formula is C16H19ClN2O3. The standard InChI is InChI=1S/C16H19ClN2O3/c17-12-3-1-4-13(8-12)19-10-11(7-15(19)20)16(21)18-9-14-5-2-6-22-14/h1,3-4,8,11,14H,2,5-7,9-10H2,(H,18,21)/t11-,14-/m1/s1. The minimum atomic E-state index is -0.312. The lowest BCUT2D eigenvalue weighted by molar-refractivity contribution is -0.126. The van der Waals surface area contributed by atoms with Gasteiger partial charge in [-0.15, -0.1) is 0 Å². The second-order valence-electron chi connectivity index (χ2n) is 5.77. The van der Waals surface area contributed by atoms with Crippen molar-refractivity contribution in [1.29, 1.82) is 0 Å². The Morgan fingerprint density at radius 3 is 3.05 bits per heavy atom. The number of hydrogen-bond acceptors (Lipinski definition) is 3. The van der Waals surface area contributed by atoms with E-state index >= 15 is 0 Å². The quantitative estimate of drug-likeness (QED) is 0.922. The second kappa shape index (κ2) is 6.67. The summed E-state index contributed by atoms with van der Waals surface area (Å²) in [6.45, 7) is 1.70. The SMILES string of the molecule is O=C(NC[C@H]1CCCO1)[C@@H]1CC(=O)N(c2cccc(Cl)c2)C1. The van der Waals surface area contributed by atoms with Gasteiger partial charge in [-0.3, -0.25) is 9.59 Å². The smallest absolute Gasteiger partial charge is 0.227 e. The van der Waals surface area contributed by atoms with Crippen molar-refractivity contribution in [2.75, 3.05) is 24.6 Å². The van der Waals surface area contributed by atoms with Gasteiger partial charge in [-0.05, 0) is 31.0 Å². The first kappa shape index (κ1) is 15.3. The van der Waals surface area contributed by atoms with Gasteiger partial charge >= 0.3 is 0 Å². The largest absolute Gasteiger partial charge is 0.376 e. The molecule has 22 heavy (non-hydrogen) atoms. The van der Waals surface area contributed by atoms with Gasteiger partial charge in [0.1, 0.15) is 0 Å². The van der Waals surface area contributed by atoms with E-state index in [2.05, 4.69) is 5.32 Å². The Kier molecular flexibility index (Phi) is 4.64. The van der Waals surface area contributed by atoms with Crippen LogP contribution in [0.5, 0.6) is 0 Å². The molecule has 0 radical (unpaired) electrons. The van der Waals surface area contributed by atoms with Crippen molar-refractivity contribution >= 4 is 29.1 Å². The number of hydrogen-bond donors (Lipinski definition) is 1. The molecule has 0 aromatic heterocycles. The molecule has 1 aromatic rings. The number of nitrogens with one attached hydrogen (secondary N) is 1. The van der Waals surface area contributed by atoms with Crippen LogP contribution in [0.25, 0.3) is 0 Å². The zero-order valence-corrected chi connectivity index (χ0v) is 13.0. The van der Waals surface area contributed by atoms with Gasteiger partial charge in [0.05, 0.1) is 12.0 Å². The van der Waals surface area contributed by atoms with E-state index in [1.807, 2.05) is 6.07 Å². The minimum absolute atomic E-state index is 0.0421. The lowest BCUT2D eigenvalue weighted by Gasteiger charge is -2.17. The van der Waals surface area contributed by atoms with Crippen LogP contribution in [0.4, 0.5) is 5.69 Å². The van der Waals surface area contributed by atoms with Gasteiger partial charge in [0, 0.05) is 36.8 Å². The number of ether oxygens (including phenoxy) is 1. The summed E-state index contributed by atoms with van der Waals surface area (Å²) in [6, 6.07) is 7.13. The van der Waals surface area contributed by atoms with E-state index < -0.39 is 0 Å². The first-order valence-electron chi connectivity index (χ1n) is 7.59. The lowest BCUT2D eigenvalue weighted by atomic mass is 10.1. The molecule has 118 valence electrons. The van der Waals surface area contributed by atoms with E-state index in [1.54, 1.807) is 23.1 Å². The summed E-state index contributed by atoms with van der Waals surface area (Å²) in [5.41, 5.74) is 0.743. The van der Waals surface area contributed by atoms with Crippen molar-refractivity contribution < 1.29 is 14.3 Å². The number of halogens is 1. The summed E-state index contributed by atoms with van der Waals surface area (Å²) >= 11 is 5.96. The molecule has 2 aliphatic heterocycles. The zero-order chi connectivity index (χ0) is 15.5. The number of anilines is 1. The molecule has 1 N–H and O–H groups in total. The Labute approximate surface area is 134 Å². The minimum Gasteiger partial charge on any atom is -0.376 e. The first-order valence-corrected chi connectivity index (χ1v) is 7.96. The molecular weight excluding hydrogens is 304 g/mol. The third-order valence-corrected chi connectivity index (χ3v) is 4.38. The van der Waals surface area contributed by atoms with E-state index in [1.165, 1.54) is 0 Å². The normalized spacial score (nSPS) is 24.8. The first-order chi connectivity index (χ1) is 10.6. The monoisotopic (exact) mass is 322 g/mol. The van der Waals surface area contributed by atoms with Crippen LogP contribution >= 0.6 is 11.6 Å². The Balaban J connectivity index is 1.57. The van der Waals surface area contributed by atoms with Gasteiger partial charge in [-0.2, -0.15) is 0 Å². The summed E-state index contributed by atoms with van der Waals surface area (Å²) in [5.74, 6) is -0.430. The third-order valence-electron chi connectivity index (χ3n) is 4.14. The van der Waals surface area contributed by atoms with E-state index in [0.717, 1.165) is 25.1 Å². The number of benzene rings is 1. The summed E-state index contributed by atoms with van der Waals surface area (Å²) in [6.07, 6.45) is 2.39. The predicted molar refractivity (Wildman–Crippen MR) is 83.9 cm³/mol.